The van der Waals surface area contributed by atoms with Crippen molar-refractivity contribution < 1.29 is 9.59 Å². The Labute approximate surface area is 186 Å². The average Bonchev–Trinajstić information content (AvgIpc) is 3.14. The number of amides is 2. The van der Waals surface area contributed by atoms with E-state index >= 15 is 0 Å². The minimum Gasteiger partial charge on any atom is -0.322 e. The highest BCUT2D eigenvalue weighted by Crippen LogP contribution is 2.39. The lowest BCUT2D eigenvalue weighted by Gasteiger charge is -2.24. The van der Waals surface area contributed by atoms with Gasteiger partial charge in [0.05, 0.1) is 12.0 Å². The van der Waals surface area contributed by atoms with Crippen molar-refractivity contribution in [3.63, 3.8) is 0 Å². The van der Waals surface area contributed by atoms with Crippen molar-refractivity contribution >= 4 is 29.8 Å². The predicted octanol–water partition coefficient (Wildman–Crippen LogP) is 4.53. The summed E-state index contributed by atoms with van der Waals surface area (Å²) in [6.45, 7) is 2.59. The predicted molar refractivity (Wildman–Crippen MR) is 125 cm³/mol. The van der Waals surface area contributed by atoms with Gasteiger partial charge in [-0.25, -0.2) is 5.43 Å². The normalized spacial score (nSPS) is 16.1. The summed E-state index contributed by atoms with van der Waals surface area (Å²) in [5.74, 6) is 0.325. The van der Waals surface area contributed by atoms with Crippen LogP contribution in [0.25, 0.3) is 0 Å². The van der Waals surface area contributed by atoms with Gasteiger partial charge in [-0.1, -0.05) is 72.3 Å². The second-order valence-electron chi connectivity index (χ2n) is 7.41. The number of carbonyl (C=O) groups is 2. The summed E-state index contributed by atoms with van der Waals surface area (Å²) in [5, 5.41) is 3.99. The largest absolute Gasteiger partial charge is 0.322 e. The summed E-state index contributed by atoms with van der Waals surface area (Å²) < 4.78 is 0. The Bertz CT molecular complexity index is 1100. The van der Waals surface area contributed by atoms with E-state index in [9.17, 15) is 9.59 Å². The van der Waals surface area contributed by atoms with Crippen molar-refractivity contribution in [1.82, 2.24) is 10.3 Å². The summed E-state index contributed by atoms with van der Waals surface area (Å²) >= 11 is 1.61. The second-order valence-corrected chi connectivity index (χ2v) is 8.47. The lowest BCUT2D eigenvalue weighted by atomic mass is 10.1. The number of rotatable bonds is 6. The Morgan fingerprint density at radius 1 is 1.10 bits per heavy atom. The van der Waals surface area contributed by atoms with Crippen LogP contribution in [0.5, 0.6) is 0 Å². The fourth-order valence-electron chi connectivity index (χ4n) is 3.46. The molecule has 1 aliphatic heterocycles. The van der Waals surface area contributed by atoms with E-state index in [-0.39, 0.29) is 17.2 Å². The Kier molecular flexibility index (Phi) is 6.48. The first-order valence-corrected chi connectivity index (χ1v) is 11.1. The molecule has 1 saturated heterocycles. The average molecular weight is 430 g/mol. The zero-order valence-electron chi connectivity index (χ0n) is 17.2. The number of aryl methyl sites for hydroxylation is 1. The third-order valence-electron chi connectivity index (χ3n) is 5.04. The van der Waals surface area contributed by atoms with Crippen molar-refractivity contribution in [2.75, 3.05) is 5.75 Å². The quantitative estimate of drug-likeness (QED) is 0.462. The number of hydrazone groups is 1. The molecular formula is C25H23N3O2S. The highest BCUT2D eigenvalue weighted by atomic mass is 32.2. The monoisotopic (exact) mass is 429 g/mol. The van der Waals surface area contributed by atoms with Gasteiger partial charge in [-0.05, 0) is 35.7 Å². The lowest BCUT2D eigenvalue weighted by molar-refractivity contribution is -0.128. The highest BCUT2D eigenvalue weighted by molar-refractivity contribution is 8.00. The van der Waals surface area contributed by atoms with Crippen molar-refractivity contribution in [2.24, 2.45) is 5.10 Å². The van der Waals surface area contributed by atoms with Crippen LogP contribution in [0.4, 0.5) is 0 Å². The Balaban J connectivity index is 1.41. The molecule has 6 heteroatoms. The van der Waals surface area contributed by atoms with Crippen molar-refractivity contribution in [3.05, 3.63) is 107 Å². The van der Waals surface area contributed by atoms with E-state index in [1.165, 1.54) is 0 Å². The molecule has 1 heterocycles. The molecule has 0 radical (unpaired) electrons. The molecule has 1 N–H and O–H groups in total. The maximum atomic E-state index is 12.4. The van der Waals surface area contributed by atoms with E-state index in [0.717, 1.165) is 22.3 Å². The number of hydrogen-bond acceptors (Lipinski definition) is 4. The van der Waals surface area contributed by atoms with E-state index in [0.29, 0.717) is 17.9 Å². The fourth-order valence-corrected chi connectivity index (χ4v) is 4.65. The number of benzene rings is 3. The molecule has 3 aromatic rings. The third kappa shape index (κ3) is 5.22. The van der Waals surface area contributed by atoms with Crippen LogP contribution < -0.4 is 5.43 Å². The minimum atomic E-state index is -0.272. The molecular weight excluding hydrogens is 406 g/mol. The smallest absolute Gasteiger partial charge is 0.271 e. The van der Waals surface area contributed by atoms with E-state index < -0.39 is 0 Å². The molecule has 31 heavy (non-hydrogen) atoms. The standard InChI is InChI=1S/C25H23N3O2S/c1-18-6-5-9-20(14-18)15-26-27-24(30)21-10-12-22(13-11-21)25-28(23(29)17-31-25)16-19-7-3-2-4-8-19/h2-15,25H,16-17H2,1H3,(H,27,30)/b26-15-/t25-/m0/s1. The molecule has 1 fully saturated rings. The van der Waals surface area contributed by atoms with Gasteiger partial charge in [0.1, 0.15) is 5.37 Å². The Hall–Kier alpha value is -3.38. The van der Waals surface area contributed by atoms with Crippen LogP contribution in [0.3, 0.4) is 0 Å². The second kappa shape index (κ2) is 9.62. The molecule has 1 atom stereocenters. The maximum Gasteiger partial charge on any atom is 0.271 e. The van der Waals surface area contributed by atoms with Crippen LogP contribution in [0.2, 0.25) is 0 Å². The maximum absolute atomic E-state index is 12.4. The summed E-state index contributed by atoms with van der Waals surface area (Å²) in [6.07, 6.45) is 1.63. The van der Waals surface area contributed by atoms with Crippen molar-refractivity contribution in [3.8, 4) is 0 Å². The van der Waals surface area contributed by atoms with Gasteiger partial charge in [0.15, 0.2) is 0 Å². The van der Waals surface area contributed by atoms with Gasteiger partial charge < -0.3 is 4.90 Å². The van der Waals surface area contributed by atoms with Crippen LogP contribution >= 0.6 is 11.8 Å². The summed E-state index contributed by atoms with van der Waals surface area (Å²) in [6, 6.07) is 25.2. The molecule has 5 nitrogen and oxygen atoms in total. The molecule has 3 aromatic carbocycles. The lowest BCUT2D eigenvalue weighted by Crippen LogP contribution is -2.27. The van der Waals surface area contributed by atoms with Gasteiger partial charge in [0, 0.05) is 12.1 Å². The Morgan fingerprint density at radius 2 is 1.87 bits per heavy atom. The van der Waals surface area contributed by atoms with E-state index in [2.05, 4.69) is 10.5 Å². The van der Waals surface area contributed by atoms with Gasteiger partial charge in [0.25, 0.3) is 5.91 Å². The summed E-state index contributed by atoms with van der Waals surface area (Å²) in [4.78, 5) is 26.7. The van der Waals surface area contributed by atoms with Crippen molar-refractivity contribution in [1.29, 1.82) is 0 Å². The zero-order chi connectivity index (χ0) is 21.6. The zero-order valence-corrected chi connectivity index (χ0v) is 18.0. The molecule has 0 saturated carbocycles. The minimum absolute atomic E-state index is 0.0517. The first kappa shape index (κ1) is 20.9. The van der Waals surface area contributed by atoms with E-state index in [1.54, 1.807) is 30.1 Å². The van der Waals surface area contributed by atoms with Gasteiger partial charge in [-0.3, -0.25) is 9.59 Å². The number of thioether (sulfide) groups is 1. The fraction of sp³-hybridized carbons (Fsp3) is 0.160. The molecule has 0 aromatic heterocycles. The first-order chi connectivity index (χ1) is 15.1. The van der Waals surface area contributed by atoms with E-state index in [1.807, 2.05) is 78.6 Å². The number of nitrogens with zero attached hydrogens (tertiary/aromatic N) is 2. The molecule has 4 rings (SSSR count). The third-order valence-corrected chi connectivity index (χ3v) is 6.30. The van der Waals surface area contributed by atoms with E-state index in [4.69, 9.17) is 0 Å². The molecule has 0 unspecified atom stereocenters. The topological polar surface area (TPSA) is 61.8 Å². The van der Waals surface area contributed by atoms with Gasteiger partial charge >= 0.3 is 0 Å². The molecule has 0 spiro atoms. The van der Waals surface area contributed by atoms with Crippen LogP contribution in [0.15, 0.2) is 84.0 Å². The van der Waals surface area contributed by atoms with Gasteiger partial charge in [-0.15, -0.1) is 11.8 Å². The SMILES string of the molecule is Cc1cccc(/C=N\NC(=O)c2ccc([C@@H]3SCC(=O)N3Cc3ccccc3)cc2)c1. The van der Waals surface area contributed by atoms with Crippen LogP contribution in [0, 0.1) is 6.92 Å². The van der Waals surface area contributed by atoms with Crippen molar-refractivity contribution in [2.45, 2.75) is 18.8 Å². The highest BCUT2D eigenvalue weighted by Gasteiger charge is 2.32. The molecule has 0 bridgehead atoms. The number of hydrogen-bond donors (Lipinski definition) is 1. The van der Waals surface area contributed by atoms with Gasteiger partial charge in [0.2, 0.25) is 5.91 Å². The van der Waals surface area contributed by atoms with Crippen LogP contribution in [-0.2, 0) is 11.3 Å². The molecule has 0 aliphatic carbocycles. The van der Waals surface area contributed by atoms with Crippen LogP contribution in [0.1, 0.15) is 38.0 Å². The van der Waals surface area contributed by atoms with Gasteiger partial charge in [-0.2, -0.15) is 5.10 Å². The Morgan fingerprint density at radius 3 is 2.61 bits per heavy atom. The van der Waals surface area contributed by atoms with Crippen LogP contribution in [-0.4, -0.2) is 28.7 Å². The number of carbonyl (C=O) groups excluding carboxylic acids is 2. The first-order valence-electron chi connectivity index (χ1n) is 10.1. The molecule has 2 amide bonds. The summed E-state index contributed by atoms with van der Waals surface area (Å²) in [5.41, 5.74) is 7.26. The summed E-state index contributed by atoms with van der Waals surface area (Å²) in [7, 11) is 0. The molecule has 156 valence electrons. The number of nitrogens with one attached hydrogen (secondary N) is 1. The molecule has 1 aliphatic rings.